The number of hydrogen-bond donors (Lipinski definition) is 0. The first-order valence-corrected chi connectivity index (χ1v) is 19.9. The van der Waals surface area contributed by atoms with Gasteiger partial charge in [-0.05, 0) is 0 Å². The molecular weight excluding hydrogens is 643 g/mol. The molecule has 6 bridgehead atoms. The van der Waals surface area contributed by atoms with Crippen LogP contribution in [-0.4, -0.2) is 46.1 Å². The van der Waals surface area contributed by atoms with E-state index in [4.69, 9.17) is 9.98 Å². The molecule has 0 atom stereocenters. The average molecular weight is 700 g/mol. The van der Waals surface area contributed by atoms with Crippen LogP contribution >= 0.6 is 0 Å². The van der Waals surface area contributed by atoms with Crippen molar-refractivity contribution in [1.29, 1.82) is 0 Å². The molecule has 4 nitrogen and oxygen atoms in total. The van der Waals surface area contributed by atoms with Crippen molar-refractivity contribution in [2.24, 2.45) is 9.98 Å². The summed E-state index contributed by atoms with van der Waals surface area (Å²) < 4.78 is 5.35. The Labute approximate surface area is 279 Å². The van der Waals surface area contributed by atoms with Gasteiger partial charge in [-0.3, -0.25) is 0 Å². The third-order valence-electron chi connectivity index (χ3n) is 8.70. The van der Waals surface area contributed by atoms with Gasteiger partial charge in [-0.25, -0.2) is 0 Å². The van der Waals surface area contributed by atoms with Crippen LogP contribution in [0.3, 0.4) is 0 Å². The molecule has 5 rings (SSSR count). The van der Waals surface area contributed by atoms with Crippen molar-refractivity contribution in [2.45, 2.75) is 121 Å². The molecule has 4 aliphatic heterocycles. The summed E-state index contributed by atoms with van der Waals surface area (Å²) in [6.07, 6.45) is 21.1. The van der Waals surface area contributed by atoms with Crippen LogP contribution in [0.25, 0.3) is 12.2 Å². The number of allylic oxidation sites excluding steroid dienone is 9. The quantitative estimate of drug-likeness (QED) is 0.261. The number of aromatic nitrogens is 1. The fourth-order valence-corrected chi connectivity index (χ4v) is 10.2. The van der Waals surface area contributed by atoms with Crippen LogP contribution in [0.15, 0.2) is 79.2 Å². The first-order valence-electron chi connectivity index (χ1n) is 17.4. The van der Waals surface area contributed by atoms with Gasteiger partial charge in [0.25, 0.3) is 0 Å². The first-order chi connectivity index (χ1) is 21.4. The van der Waals surface area contributed by atoms with Crippen molar-refractivity contribution < 1.29 is 0 Å². The Morgan fingerprint density at radius 2 is 1.18 bits per heavy atom. The van der Waals surface area contributed by atoms with Crippen molar-refractivity contribution in [3.8, 4) is 0 Å². The molecule has 0 unspecified atom stereocenters. The van der Waals surface area contributed by atoms with E-state index >= 15 is 0 Å². The predicted octanol–water partition coefficient (Wildman–Crippen LogP) is 10.6. The van der Waals surface area contributed by atoms with Crippen LogP contribution in [0.4, 0.5) is 0 Å². The van der Waals surface area contributed by atoms with Crippen LogP contribution in [0.5, 0.6) is 0 Å². The van der Waals surface area contributed by atoms with E-state index in [0.717, 1.165) is 62.1 Å². The molecule has 0 spiro atoms. The molecule has 236 valence electrons. The second-order valence-electron chi connectivity index (χ2n) is 10.8. The zero-order valence-electron chi connectivity index (χ0n) is 29.7. The molecule has 0 fully saturated rings. The van der Waals surface area contributed by atoms with Crippen molar-refractivity contribution in [3.05, 3.63) is 91.8 Å². The van der Waals surface area contributed by atoms with Gasteiger partial charge in [-0.15, -0.1) is 0 Å². The third-order valence-corrected chi connectivity index (χ3v) is 12.2. The number of likely N-dealkylation sites (N-methyl/N-ethyl adjacent to an activating group) is 1. The normalized spacial score (nSPS) is 17.2. The Morgan fingerprint density at radius 1 is 0.591 bits per heavy atom. The molecule has 0 saturated heterocycles. The fraction of sp³-hybridized carbons (Fsp3) is 0.487. The van der Waals surface area contributed by atoms with Crippen LogP contribution in [0.2, 0.25) is 0 Å². The van der Waals surface area contributed by atoms with E-state index in [1.807, 2.05) is 27.7 Å². The second kappa shape index (κ2) is 16.6. The summed E-state index contributed by atoms with van der Waals surface area (Å²) in [4.78, 5) is 10.5. The van der Waals surface area contributed by atoms with Gasteiger partial charge in [0.1, 0.15) is 0 Å². The number of nitrogens with zero attached hydrogens (tertiary/aromatic N) is 4. The number of aliphatic imine (C=N–C) groups is 2. The van der Waals surface area contributed by atoms with Crippen molar-refractivity contribution in [2.75, 3.05) is 7.05 Å². The van der Waals surface area contributed by atoms with Gasteiger partial charge in [0.15, 0.2) is 0 Å². The van der Waals surface area contributed by atoms with E-state index < -0.39 is 21.7 Å². The molecule has 5 heteroatoms. The third kappa shape index (κ3) is 6.80. The van der Waals surface area contributed by atoms with Crippen molar-refractivity contribution in [1.82, 2.24) is 5.91 Å². The Kier molecular flexibility index (Phi) is 13.6. The molecule has 0 amide bonds. The molecule has 0 aromatic carbocycles. The summed E-state index contributed by atoms with van der Waals surface area (Å²) in [5.74, 6) is 0. The molecule has 0 aliphatic carbocycles. The molecule has 2 radical (unpaired) electrons. The van der Waals surface area contributed by atoms with Crippen LogP contribution in [0.1, 0.15) is 131 Å². The zero-order chi connectivity index (χ0) is 32.6. The summed E-state index contributed by atoms with van der Waals surface area (Å²) in [6, 6.07) is 0. The molecule has 1 aromatic rings. The van der Waals surface area contributed by atoms with Crippen molar-refractivity contribution in [3.63, 3.8) is 0 Å². The molecular formula is C39H56N4Sn. The van der Waals surface area contributed by atoms with Gasteiger partial charge in [0, 0.05) is 0 Å². The summed E-state index contributed by atoms with van der Waals surface area (Å²) in [5, 5.41) is 0. The molecule has 0 saturated carbocycles. The minimum absolute atomic E-state index is 0.984. The summed E-state index contributed by atoms with van der Waals surface area (Å²) >= 11 is -1.31. The minimum atomic E-state index is -1.31. The van der Waals surface area contributed by atoms with E-state index in [0.29, 0.717) is 0 Å². The SMILES string of the molecule is CC.CC.CCC1=CC2=NC1=Cc1c(CC)c(CC)c3[n]1[Sn][N](C)C(=CC1=NC(=C3)C(CC)=C1CC)C(CC)=C(CC)C=C2. The number of hydrogen-bond acceptors (Lipinski definition) is 3. The summed E-state index contributed by atoms with van der Waals surface area (Å²) in [5.41, 5.74) is 18.6. The maximum atomic E-state index is 5.37. The van der Waals surface area contributed by atoms with Crippen molar-refractivity contribution >= 4 is 45.3 Å². The Balaban J connectivity index is 0.00000127. The van der Waals surface area contributed by atoms with E-state index in [9.17, 15) is 0 Å². The maximum absolute atomic E-state index is 5.37. The van der Waals surface area contributed by atoms with Crippen LogP contribution < -0.4 is 0 Å². The number of rotatable bonds is 7. The summed E-state index contributed by atoms with van der Waals surface area (Å²) in [7, 11) is 2.34. The van der Waals surface area contributed by atoms with Gasteiger partial charge >= 0.3 is 253 Å². The van der Waals surface area contributed by atoms with E-state index in [1.54, 1.807) is 0 Å². The number of fused-ring (bicyclic) bond motifs is 4. The molecule has 44 heavy (non-hydrogen) atoms. The van der Waals surface area contributed by atoms with E-state index in [1.165, 1.54) is 61.8 Å². The monoisotopic (exact) mass is 700 g/mol. The predicted molar refractivity (Wildman–Crippen MR) is 196 cm³/mol. The second-order valence-corrected chi connectivity index (χ2v) is 14.5. The van der Waals surface area contributed by atoms with Crippen LogP contribution in [-0.2, 0) is 12.8 Å². The topological polar surface area (TPSA) is 32.9 Å². The molecule has 1 aromatic heterocycles. The fourth-order valence-electron chi connectivity index (χ4n) is 6.67. The van der Waals surface area contributed by atoms with Gasteiger partial charge in [-0.1, -0.05) is 27.7 Å². The zero-order valence-corrected chi connectivity index (χ0v) is 32.6. The molecule has 4 aliphatic rings. The van der Waals surface area contributed by atoms with Gasteiger partial charge in [0.05, 0.1) is 0 Å². The Morgan fingerprint density at radius 3 is 1.70 bits per heavy atom. The standard InChI is InChI=1S/C35H44N4.2C2H6.Sn/c1-9-22-16-17-24-18-23(10-2)30(37-24)19-32-26(12-4)28(14-6)34(38-32)21-35-29(15-7)27(13-5)33(39-35)20-31(36-8)25(22)11-3;2*1-2;/h16-21H,9-15H2,1-8H3;2*1-2H3;/q-2;;;+2. The Bertz CT molecular complexity index is 1510. The first kappa shape index (κ1) is 35.9. The van der Waals surface area contributed by atoms with E-state index in [2.05, 4.69) is 97.9 Å². The van der Waals surface area contributed by atoms with Gasteiger partial charge in [-0.2, -0.15) is 0 Å². The molecule has 0 N–H and O–H groups in total. The van der Waals surface area contributed by atoms with Gasteiger partial charge in [0.2, 0.25) is 0 Å². The summed E-state index contributed by atoms with van der Waals surface area (Å²) in [6.45, 7) is 24.0. The van der Waals surface area contributed by atoms with E-state index in [-0.39, 0.29) is 0 Å². The van der Waals surface area contributed by atoms with Gasteiger partial charge < -0.3 is 0 Å². The Hall–Kier alpha value is -2.60. The molecule has 5 heterocycles. The average Bonchev–Trinajstić information content (AvgIpc) is 3.70. The van der Waals surface area contributed by atoms with Crippen LogP contribution in [0, 0.1) is 0 Å².